The van der Waals surface area contributed by atoms with E-state index in [2.05, 4.69) is 6.07 Å². The lowest BCUT2D eigenvalue weighted by molar-refractivity contribution is -0.136. The van der Waals surface area contributed by atoms with Crippen molar-refractivity contribution in [1.29, 1.82) is 5.26 Å². The zero-order valence-corrected chi connectivity index (χ0v) is 9.87. The fraction of sp³-hybridized carbons (Fsp3) is 0.385. The average molecular weight is 246 g/mol. The van der Waals surface area contributed by atoms with Gasteiger partial charge in [0, 0.05) is 6.54 Å². The zero-order chi connectivity index (χ0) is 13.0. The van der Waals surface area contributed by atoms with Gasteiger partial charge in [0.25, 0.3) is 0 Å². The van der Waals surface area contributed by atoms with E-state index in [0.717, 1.165) is 5.56 Å². The van der Waals surface area contributed by atoms with E-state index in [0.29, 0.717) is 13.2 Å². The summed E-state index contributed by atoms with van der Waals surface area (Å²) in [4.78, 5) is 13.6. The van der Waals surface area contributed by atoms with Crippen molar-refractivity contribution < 1.29 is 14.6 Å². The Balaban J connectivity index is 2.05. The highest BCUT2D eigenvalue weighted by Crippen LogP contribution is 2.14. The van der Waals surface area contributed by atoms with Gasteiger partial charge in [-0.05, 0) is 17.7 Å². The van der Waals surface area contributed by atoms with Gasteiger partial charge in [-0.1, -0.05) is 12.1 Å². The SMILES string of the molecule is N#CC1COCCN1C(=O)Cc1cccc(O)c1. The highest BCUT2D eigenvalue weighted by molar-refractivity contribution is 5.79. The standard InChI is InChI=1S/C13H14N2O3/c14-8-11-9-18-5-4-15(11)13(17)7-10-2-1-3-12(16)6-10/h1-3,6,11,16H,4-5,7,9H2. The van der Waals surface area contributed by atoms with Crippen LogP contribution in [0.1, 0.15) is 5.56 Å². The summed E-state index contributed by atoms with van der Waals surface area (Å²) in [5.41, 5.74) is 0.739. The molecule has 1 fully saturated rings. The lowest BCUT2D eigenvalue weighted by Crippen LogP contribution is -2.48. The van der Waals surface area contributed by atoms with Gasteiger partial charge < -0.3 is 14.7 Å². The Labute approximate surface area is 105 Å². The van der Waals surface area contributed by atoms with Crippen molar-refractivity contribution in [3.8, 4) is 11.8 Å². The second-order valence-corrected chi connectivity index (χ2v) is 4.15. The number of phenolic OH excluding ortho intramolecular Hbond substituents is 1. The third kappa shape index (κ3) is 2.79. The van der Waals surface area contributed by atoms with Gasteiger partial charge >= 0.3 is 0 Å². The minimum absolute atomic E-state index is 0.115. The Morgan fingerprint density at radius 1 is 1.61 bits per heavy atom. The van der Waals surface area contributed by atoms with Crippen LogP contribution in [-0.4, -0.2) is 41.7 Å². The van der Waals surface area contributed by atoms with Crippen LogP contribution in [0.25, 0.3) is 0 Å². The molecule has 0 bridgehead atoms. The predicted octanol–water partition coefficient (Wildman–Crippen LogP) is 0.686. The molecule has 18 heavy (non-hydrogen) atoms. The number of hydrogen-bond acceptors (Lipinski definition) is 4. The molecule has 1 saturated heterocycles. The number of carbonyl (C=O) groups is 1. The molecule has 1 aromatic carbocycles. The molecule has 0 saturated carbocycles. The van der Waals surface area contributed by atoms with E-state index >= 15 is 0 Å². The predicted molar refractivity (Wildman–Crippen MR) is 63.7 cm³/mol. The lowest BCUT2D eigenvalue weighted by Gasteiger charge is -2.31. The molecule has 5 heteroatoms. The van der Waals surface area contributed by atoms with Crippen LogP contribution < -0.4 is 0 Å². The first-order chi connectivity index (χ1) is 8.70. The second-order valence-electron chi connectivity index (χ2n) is 4.15. The molecule has 1 aliphatic rings. The molecule has 2 rings (SSSR count). The summed E-state index contributed by atoms with van der Waals surface area (Å²) < 4.78 is 5.17. The molecule has 1 heterocycles. The number of nitrogens with zero attached hydrogens (tertiary/aromatic N) is 2. The number of morpholine rings is 1. The number of nitriles is 1. The normalized spacial score (nSPS) is 19.3. The van der Waals surface area contributed by atoms with Crippen molar-refractivity contribution in [3.63, 3.8) is 0 Å². The molecule has 5 nitrogen and oxygen atoms in total. The molecular formula is C13H14N2O3. The van der Waals surface area contributed by atoms with Crippen LogP contribution >= 0.6 is 0 Å². The maximum atomic E-state index is 12.1. The van der Waals surface area contributed by atoms with Crippen LogP contribution in [0.15, 0.2) is 24.3 Å². The van der Waals surface area contributed by atoms with E-state index in [4.69, 9.17) is 10.00 Å². The van der Waals surface area contributed by atoms with E-state index in [9.17, 15) is 9.90 Å². The molecule has 94 valence electrons. The number of carbonyl (C=O) groups excluding carboxylic acids is 1. The van der Waals surface area contributed by atoms with Gasteiger partial charge in [0.2, 0.25) is 5.91 Å². The molecule has 1 amide bonds. The maximum Gasteiger partial charge on any atom is 0.228 e. The van der Waals surface area contributed by atoms with Crippen molar-refractivity contribution in [2.45, 2.75) is 12.5 Å². The molecule has 1 aliphatic heterocycles. The number of amides is 1. The van der Waals surface area contributed by atoms with Crippen LogP contribution in [0.2, 0.25) is 0 Å². The zero-order valence-electron chi connectivity index (χ0n) is 9.87. The number of benzene rings is 1. The van der Waals surface area contributed by atoms with Gasteiger partial charge in [0.1, 0.15) is 11.8 Å². The maximum absolute atomic E-state index is 12.1. The van der Waals surface area contributed by atoms with Gasteiger partial charge in [-0.15, -0.1) is 0 Å². The van der Waals surface area contributed by atoms with E-state index in [1.807, 2.05) is 0 Å². The van der Waals surface area contributed by atoms with Crippen LogP contribution in [0.5, 0.6) is 5.75 Å². The van der Waals surface area contributed by atoms with E-state index in [1.165, 1.54) is 4.90 Å². The molecule has 0 aliphatic carbocycles. The summed E-state index contributed by atoms with van der Waals surface area (Å²) in [6.45, 7) is 1.17. The highest BCUT2D eigenvalue weighted by atomic mass is 16.5. The third-order valence-corrected chi connectivity index (χ3v) is 2.86. The fourth-order valence-corrected chi connectivity index (χ4v) is 1.95. The molecule has 0 aromatic heterocycles. The summed E-state index contributed by atoms with van der Waals surface area (Å²) in [6, 6.07) is 8.13. The van der Waals surface area contributed by atoms with E-state index in [-0.39, 0.29) is 24.7 Å². The number of rotatable bonds is 2. The van der Waals surface area contributed by atoms with Crippen molar-refractivity contribution >= 4 is 5.91 Å². The first kappa shape index (κ1) is 12.4. The summed E-state index contributed by atoms with van der Waals surface area (Å²) in [6.07, 6.45) is 0.187. The van der Waals surface area contributed by atoms with E-state index < -0.39 is 6.04 Å². The Hall–Kier alpha value is -2.06. The Morgan fingerprint density at radius 3 is 3.17 bits per heavy atom. The number of aromatic hydroxyl groups is 1. The summed E-state index contributed by atoms with van der Waals surface area (Å²) >= 11 is 0. The van der Waals surface area contributed by atoms with Gasteiger partial charge in [-0.3, -0.25) is 4.79 Å². The van der Waals surface area contributed by atoms with Crippen molar-refractivity contribution in [1.82, 2.24) is 4.90 Å². The lowest BCUT2D eigenvalue weighted by atomic mass is 10.1. The van der Waals surface area contributed by atoms with Gasteiger partial charge in [0.15, 0.2) is 0 Å². The Bertz CT molecular complexity index is 481. The minimum Gasteiger partial charge on any atom is -0.508 e. The monoisotopic (exact) mass is 246 g/mol. The smallest absolute Gasteiger partial charge is 0.228 e. The van der Waals surface area contributed by atoms with Crippen LogP contribution in [0.3, 0.4) is 0 Å². The molecule has 1 aromatic rings. The second kappa shape index (κ2) is 5.52. The number of hydrogen-bond donors (Lipinski definition) is 1. The van der Waals surface area contributed by atoms with Gasteiger partial charge in [0.05, 0.1) is 25.7 Å². The highest BCUT2D eigenvalue weighted by Gasteiger charge is 2.26. The van der Waals surface area contributed by atoms with Crippen molar-refractivity contribution in [2.75, 3.05) is 19.8 Å². The molecule has 1 atom stereocenters. The number of phenols is 1. The largest absolute Gasteiger partial charge is 0.508 e. The van der Waals surface area contributed by atoms with Crippen molar-refractivity contribution in [2.24, 2.45) is 0 Å². The van der Waals surface area contributed by atoms with Gasteiger partial charge in [-0.25, -0.2) is 0 Å². The first-order valence-electron chi connectivity index (χ1n) is 5.75. The number of ether oxygens (including phenoxy) is 1. The van der Waals surface area contributed by atoms with Gasteiger partial charge in [-0.2, -0.15) is 5.26 Å². The summed E-state index contributed by atoms with van der Waals surface area (Å²) in [5, 5.41) is 18.3. The molecule has 0 radical (unpaired) electrons. The van der Waals surface area contributed by atoms with Crippen LogP contribution in [0.4, 0.5) is 0 Å². The first-order valence-corrected chi connectivity index (χ1v) is 5.75. The minimum atomic E-state index is -0.511. The molecular weight excluding hydrogens is 232 g/mol. The topological polar surface area (TPSA) is 73.6 Å². The summed E-state index contributed by atoms with van der Waals surface area (Å²) in [7, 11) is 0. The quantitative estimate of drug-likeness (QED) is 0.833. The Morgan fingerprint density at radius 2 is 2.44 bits per heavy atom. The van der Waals surface area contributed by atoms with Crippen LogP contribution in [0, 0.1) is 11.3 Å². The summed E-state index contributed by atoms with van der Waals surface area (Å²) in [5.74, 6) is 0.0227. The Kier molecular flexibility index (Phi) is 3.80. The van der Waals surface area contributed by atoms with Crippen molar-refractivity contribution in [3.05, 3.63) is 29.8 Å². The van der Waals surface area contributed by atoms with E-state index in [1.54, 1.807) is 24.3 Å². The van der Waals surface area contributed by atoms with Crippen LogP contribution in [-0.2, 0) is 16.0 Å². The average Bonchev–Trinajstić information content (AvgIpc) is 2.38. The third-order valence-electron chi connectivity index (χ3n) is 2.86. The fourth-order valence-electron chi connectivity index (χ4n) is 1.95. The molecule has 1 N–H and O–H groups in total. The molecule has 1 unspecified atom stereocenters. The molecule has 0 spiro atoms.